The van der Waals surface area contributed by atoms with Crippen LogP contribution in [0.3, 0.4) is 0 Å². The zero-order chi connectivity index (χ0) is 14.5. The zero-order valence-electron chi connectivity index (χ0n) is 12.4. The molecule has 3 heteroatoms. The molecule has 0 radical (unpaired) electrons. The SMILES string of the molecule is CC(C)C1CCC(C(O)CSc2cccc(Cl)c2)CC1. The molecule has 1 saturated carbocycles. The second kappa shape index (κ2) is 7.72. The molecule has 0 heterocycles. The predicted molar refractivity (Wildman–Crippen MR) is 88.5 cm³/mol. The molecule has 1 N–H and O–H groups in total. The maximum absolute atomic E-state index is 10.4. The van der Waals surface area contributed by atoms with Crippen molar-refractivity contribution >= 4 is 23.4 Å². The van der Waals surface area contributed by atoms with Gasteiger partial charge in [0.2, 0.25) is 0 Å². The molecule has 2 rings (SSSR count). The third kappa shape index (κ3) is 4.68. The molecular formula is C17H25ClOS. The lowest BCUT2D eigenvalue weighted by Crippen LogP contribution is -2.28. The fraction of sp³-hybridized carbons (Fsp3) is 0.647. The van der Waals surface area contributed by atoms with Gasteiger partial charge in [-0.25, -0.2) is 0 Å². The second-order valence-electron chi connectivity index (χ2n) is 6.25. The topological polar surface area (TPSA) is 20.2 Å². The molecule has 0 saturated heterocycles. The number of aliphatic hydroxyl groups is 1. The molecule has 1 nitrogen and oxygen atoms in total. The minimum atomic E-state index is -0.188. The average Bonchev–Trinajstić information content (AvgIpc) is 2.45. The van der Waals surface area contributed by atoms with Crippen LogP contribution in [0, 0.1) is 17.8 Å². The van der Waals surface area contributed by atoms with Crippen LogP contribution in [0.15, 0.2) is 29.2 Å². The van der Waals surface area contributed by atoms with Crippen LogP contribution in [0.25, 0.3) is 0 Å². The molecule has 0 aliphatic heterocycles. The summed E-state index contributed by atoms with van der Waals surface area (Å²) in [6.07, 6.45) is 4.73. The van der Waals surface area contributed by atoms with Crippen LogP contribution in [0.4, 0.5) is 0 Å². The highest BCUT2D eigenvalue weighted by Crippen LogP contribution is 2.36. The molecule has 0 spiro atoms. The number of benzene rings is 1. The third-order valence-electron chi connectivity index (χ3n) is 4.52. The minimum Gasteiger partial charge on any atom is -0.392 e. The molecule has 1 aromatic rings. The summed E-state index contributed by atoms with van der Waals surface area (Å²) in [6.45, 7) is 4.63. The molecule has 1 atom stereocenters. The van der Waals surface area contributed by atoms with Crippen LogP contribution < -0.4 is 0 Å². The van der Waals surface area contributed by atoms with Crippen LogP contribution in [0.5, 0.6) is 0 Å². The molecule has 1 fully saturated rings. The molecule has 0 bridgehead atoms. The summed E-state index contributed by atoms with van der Waals surface area (Å²) in [4.78, 5) is 1.15. The van der Waals surface area contributed by atoms with Crippen molar-refractivity contribution in [1.82, 2.24) is 0 Å². The van der Waals surface area contributed by atoms with Gasteiger partial charge in [-0.2, -0.15) is 0 Å². The lowest BCUT2D eigenvalue weighted by Gasteiger charge is -2.33. The third-order valence-corrected chi connectivity index (χ3v) is 5.85. The molecule has 112 valence electrons. The Kier molecular flexibility index (Phi) is 6.25. The lowest BCUT2D eigenvalue weighted by molar-refractivity contribution is 0.0844. The lowest BCUT2D eigenvalue weighted by atomic mass is 9.75. The number of halogens is 1. The van der Waals surface area contributed by atoms with E-state index in [-0.39, 0.29) is 6.10 Å². The normalized spacial score (nSPS) is 24.9. The maximum atomic E-state index is 10.4. The van der Waals surface area contributed by atoms with Crippen LogP contribution in [0.1, 0.15) is 39.5 Å². The molecule has 0 aromatic heterocycles. The number of hydrogen-bond acceptors (Lipinski definition) is 2. The van der Waals surface area contributed by atoms with Gasteiger partial charge < -0.3 is 5.11 Å². The standard InChI is InChI=1S/C17H25ClOS/c1-12(2)13-6-8-14(9-7-13)17(19)11-20-16-5-3-4-15(18)10-16/h3-5,10,12-14,17,19H,6-9,11H2,1-2H3. The fourth-order valence-electron chi connectivity index (χ4n) is 3.07. The van der Waals surface area contributed by atoms with E-state index in [2.05, 4.69) is 19.9 Å². The Labute approximate surface area is 132 Å². The summed E-state index contributed by atoms with van der Waals surface area (Å²) in [7, 11) is 0. The first-order chi connectivity index (χ1) is 9.56. The Hall–Kier alpha value is -0.180. The van der Waals surface area contributed by atoms with Gasteiger partial charge in [0.15, 0.2) is 0 Å². The van der Waals surface area contributed by atoms with E-state index in [1.54, 1.807) is 11.8 Å². The molecule has 1 aliphatic carbocycles. The Bertz CT molecular complexity index is 413. The summed E-state index contributed by atoms with van der Waals surface area (Å²) >= 11 is 7.69. The van der Waals surface area contributed by atoms with Crippen molar-refractivity contribution in [1.29, 1.82) is 0 Å². The van der Waals surface area contributed by atoms with E-state index < -0.39 is 0 Å². The van der Waals surface area contributed by atoms with E-state index in [4.69, 9.17) is 11.6 Å². The van der Waals surface area contributed by atoms with Crippen LogP contribution in [-0.2, 0) is 0 Å². The minimum absolute atomic E-state index is 0.188. The summed E-state index contributed by atoms with van der Waals surface area (Å²) in [5.41, 5.74) is 0. The van der Waals surface area contributed by atoms with E-state index in [1.807, 2.05) is 18.2 Å². The zero-order valence-corrected chi connectivity index (χ0v) is 14.0. The molecule has 20 heavy (non-hydrogen) atoms. The van der Waals surface area contributed by atoms with Crippen molar-refractivity contribution in [2.24, 2.45) is 17.8 Å². The molecule has 0 amide bonds. The summed E-state index contributed by atoms with van der Waals surface area (Å²) < 4.78 is 0. The Morgan fingerprint density at radius 3 is 2.45 bits per heavy atom. The monoisotopic (exact) mass is 312 g/mol. The number of thioether (sulfide) groups is 1. The van der Waals surface area contributed by atoms with Crippen molar-refractivity contribution in [2.75, 3.05) is 5.75 Å². The van der Waals surface area contributed by atoms with Crippen LogP contribution >= 0.6 is 23.4 Å². The predicted octanol–water partition coefficient (Wildman–Crippen LogP) is 5.26. The number of rotatable bonds is 5. The van der Waals surface area contributed by atoms with Crippen LogP contribution in [-0.4, -0.2) is 17.0 Å². The highest BCUT2D eigenvalue weighted by atomic mass is 35.5. The van der Waals surface area contributed by atoms with Gasteiger partial charge in [-0.05, 0) is 61.6 Å². The van der Waals surface area contributed by atoms with E-state index in [0.29, 0.717) is 5.92 Å². The van der Waals surface area contributed by atoms with Gasteiger partial charge >= 0.3 is 0 Å². The first-order valence-corrected chi connectivity index (χ1v) is 8.99. The molecule has 1 unspecified atom stereocenters. The van der Waals surface area contributed by atoms with Crippen molar-refractivity contribution in [2.45, 2.75) is 50.5 Å². The number of hydrogen-bond donors (Lipinski definition) is 1. The molecule has 1 aliphatic rings. The summed E-state index contributed by atoms with van der Waals surface area (Å²) in [5.74, 6) is 2.90. The van der Waals surface area contributed by atoms with Gasteiger partial charge in [-0.15, -0.1) is 11.8 Å². The number of aliphatic hydroxyl groups excluding tert-OH is 1. The average molecular weight is 313 g/mol. The highest BCUT2D eigenvalue weighted by Gasteiger charge is 2.27. The molecule has 1 aromatic carbocycles. The van der Waals surface area contributed by atoms with Crippen molar-refractivity contribution in [3.63, 3.8) is 0 Å². The van der Waals surface area contributed by atoms with E-state index in [1.165, 1.54) is 25.7 Å². The van der Waals surface area contributed by atoms with Crippen molar-refractivity contribution in [3.05, 3.63) is 29.3 Å². The van der Waals surface area contributed by atoms with Gasteiger partial charge in [-0.3, -0.25) is 0 Å². The Balaban J connectivity index is 1.77. The first-order valence-electron chi connectivity index (χ1n) is 7.62. The van der Waals surface area contributed by atoms with Gasteiger partial charge in [0.05, 0.1) is 6.10 Å². The van der Waals surface area contributed by atoms with Crippen molar-refractivity contribution in [3.8, 4) is 0 Å². The maximum Gasteiger partial charge on any atom is 0.0662 e. The van der Waals surface area contributed by atoms with Crippen LogP contribution in [0.2, 0.25) is 5.02 Å². The Morgan fingerprint density at radius 1 is 1.20 bits per heavy atom. The highest BCUT2D eigenvalue weighted by molar-refractivity contribution is 7.99. The second-order valence-corrected chi connectivity index (χ2v) is 7.78. The van der Waals surface area contributed by atoms with E-state index >= 15 is 0 Å². The van der Waals surface area contributed by atoms with E-state index in [0.717, 1.165) is 27.5 Å². The van der Waals surface area contributed by atoms with Gasteiger partial charge in [0.25, 0.3) is 0 Å². The smallest absolute Gasteiger partial charge is 0.0662 e. The summed E-state index contributed by atoms with van der Waals surface area (Å²) in [6, 6.07) is 7.87. The molecular weight excluding hydrogens is 288 g/mol. The van der Waals surface area contributed by atoms with Gasteiger partial charge in [0, 0.05) is 15.7 Å². The van der Waals surface area contributed by atoms with Gasteiger partial charge in [-0.1, -0.05) is 31.5 Å². The van der Waals surface area contributed by atoms with E-state index in [9.17, 15) is 5.11 Å². The van der Waals surface area contributed by atoms with Crippen molar-refractivity contribution < 1.29 is 5.11 Å². The van der Waals surface area contributed by atoms with Gasteiger partial charge in [0.1, 0.15) is 0 Å². The Morgan fingerprint density at radius 2 is 1.85 bits per heavy atom. The first kappa shape index (κ1) is 16.2. The summed E-state index contributed by atoms with van der Waals surface area (Å²) in [5, 5.41) is 11.1. The fourth-order valence-corrected chi connectivity index (χ4v) is 4.35. The quantitative estimate of drug-likeness (QED) is 0.749. The largest absolute Gasteiger partial charge is 0.392 e.